The van der Waals surface area contributed by atoms with Crippen molar-refractivity contribution in [2.24, 2.45) is 0 Å². The van der Waals surface area contributed by atoms with Crippen LogP contribution in [0.4, 0.5) is 0 Å². The van der Waals surface area contributed by atoms with Gasteiger partial charge in [-0.3, -0.25) is 0 Å². The maximum absolute atomic E-state index is 6.21. The molecule has 6 rings (SSSR count). The summed E-state index contributed by atoms with van der Waals surface area (Å²) in [7, 11) is -0.446. The van der Waals surface area contributed by atoms with Crippen molar-refractivity contribution in [2.45, 2.75) is 7.43 Å². The summed E-state index contributed by atoms with van der Waals surface area (Å²) in [6, 6.07) is 61.9. The Balaban J connectivity index is 0.000000181. The average Bonchev–Trinajstić information content (AvgIpc) is 3.04. The Kier molecular flexibility index (Phi) is 10.8. The maximum atomic E-state index is 6.21. The normalized spacial score (nSPS) is 10.6. The molecule has 0 aliphatic rings. The molecule has 0 nitrogen and oxygen atoms in total. The first kappa shape index (κ1) is 29.4. The van der Waals surface area contributed by atoms with Gasteiger partial charge in [-0.15, -0.1) is 0 Å². The first-order chi connectivity index (χ1) is 19.3. The fourth-order valence-corrected chi connectivity index (χ4v) is 10.6. The van der Waals surface area contributed by atoms with Crippen LogP contribution in [-0.2, 0) is 11.8 Å². The van der Waals surface area contributed by atoms with Crippen molar-refractivity contribution < 1.29 is 0 Å². The molecule has 0 atom stereocenters. The quantitative estimate of drug-likeness (QED) is 0.186. The van der Waals surface area contributed by atoms with Crippen LogP contribution in [0, 0.1) is 0 Å². The van der Waals surface area contributed by atoms with Crippen molar-refractivity contribution in [2.75, 3.05) is 0 Å². The first-order valence-corrected chi connectivity index (χ1v) is 17.1. The monoisotopic (exact) mass is 572 g/mol. The molecule has 6 aromatic rings. The second-order valence-corrected chi connectivity index (χ2v) is 15.6. The minimum absolute atomic E-state index is 0. The Morgan fingerprint density at radius 1 is 0.325 bits per heavy atom. The minimum atomic E-state index is -1.94. The van der Waals surface area contributed by atoms with E-state index in [0.29, 0.717) is 0 Å². The molecule has 6 aromatic carbocycles. The molecular formula is C37H34P2S. The molecule has 198 valence electrons. The zero-order valence-corrected chi connectivity index (χ0v) is 24.2. The maximum Gasteiger partial charge on any atom is 0.0379 e. The molecule has 0 amide bonds. The van der Waals surface area contributed by atoms with E-state index < -0.39 is 14.0 Å². The molecule has 0 saturated carbocycles. The summed E-state index contributed by atoms with van der Waals surface area (Å²) in [5.41, 5.74) is 0. The van der Waals surface area contributed by atoms with Gasteiger partial charge >= 0.3 is 0 Å². The van der Waals surface area contributed by atoms with Crippen LogP contribution in [0.2, 0.25) is 0 Å². The lowest BCUT2D eigenvalue weighted by molar-refractivity contribution is 1.73. The van der Waals surface area contributed by atoms with Crippen molar-refractivity contribution in [3.05, 3.63) is 182 Å². The van der Waals surface area contributed by atoms with Crippen molar-refractivity contribution in [1.29, 1.82) is 0 Å². The highest BCUT2D eigenvalue weighted by Crippen LogP contribution is 2.42. The van der Waals surface area contributed by atoms with Crippen LogP contribution in [0.1, 0.15) is 7.43 Å². The van der Waals surface area contributed by atoms with Gasteiger partial charge in [-0.05, 0) is 39.7 Å². The van der Waals surface area contributed by atoms with E-state index in [1.54, 1.807) is 0 Å². The molecule has 3 heteroatoms. The molecule has 0 saturated heterocycles. The van der Waals surface area contributed by atoms with Crippen LogP contribution in [0.5, 0.6) is 0 Å². The van der Waals surface area contributed by atoms with Gasteiger partial charge < -0.3 is 0 Å². The zero-order valence-electron chi connectivity index (χ0n) is 21.6. The van der Waals surface area contributed by atoms with Crippen LogP contribution < -0.4 is 31.8 Å². The number of hydrogen-bond acceptors (Lipinski definition) is 1. The van der Waals surface area contributed by atoms with Gasteiger partial charge in [-0.25, -0.2) is 0 Å². The third-order valence-corrected chi connectivity index (χ3v) is 13.8. The minimum Gasteiger partial charge on any atom is -0.0826 e. The molecule has 0 bridgehead atoms. The van der Waals surface area contributed by atoms with E-state index in [2.05, 4.69) is 164 Å². The second-order valence-electron chi connectivity index (χ2n) is 8.96. The zero-order chi connectivity index (χ0) is 26.8. The van der Waals surface area contributed by atoms with Crippen molar-refractivity contribution in [1.82, 2.24) is 0 Å². The highest BCUT2D eigenvalue weighted by Gasteiger charge is 2.23. The lowest BCUT2D eigenvalue weighted by atomic mass is 10.4. The van der Waals surface area contributed by atoms with Gasteiger partial charge in [0.1, 0.15) is 0 Å². The molecule has 0 N–H and O–H groups in total. The third kappa shape index (κ3) is 6.93. The predicted octanol–water partition coefficient (Wildman–Crippen LogP) is 7.52. The summed E-state index contributed by atoms with van der Waals surface area (Å²) in [4.78, 5) is 0. The molecule has 40 heavy (non-hydrogen) atoms. The van der Waals surface area contributed by atoms with Gasteiger partial charge in [-0.1, -0.05) is 201 Å². The van der Waals surface area contributed by atoms with Gasteiger partial charge in [0.05, 0.1) is 0 Å². The van der Waals surface area contributed by atoms with Crippen molar-refractivity contribution >= 4 is 57.6 Å². The van der Waals surface area contributed by atoms with Gasteiger partial charge in [-0.2, -0.15) is 0 Å². The first-order valence-electron chi connectivity index (χ1n) is 13.0. The number of rotatable bonds is 6. The fourth-order valence-electron chi connectivity index (χ4n) is 4.54. The Hall–Kier alpha value is -3.60. The fraction of sp³-hybridized carbons (Fsp3) is 0.0270. The van der Waals surface area contributed by atoms with Crippen LogP contribution in [0.3, 0.4) is 0 Å². The lowest BCUT2D eigenvalue weighted by Crippen LogP contribution is -2.24. The van der Waals surface area contributed by atoms with Crippen molar-refractivity contribution in [3.63, 3.8) is 0 Å². The summed E-state index contributed by atoms with van der Waals surface area (Å²) in [6.45, 7) is 0. The molecule has 0 fully saturated rings. The standard InChI is InChI=1S/C18H15PS.C18H15P.CH4/c20-19(16-10-4-1-5-11-16,17-12-6-2-7-13-17)18-14-8-3-9-15-18;1-4-10-16(11-5-1)19(17-12-6-2-7-13-17)18-14-8-3-9-15-18;/h1-15H;1-15H;1H4. The summed E-state index contributed by atoms with van der Waals surface area (Å²) >= 11 is 6.21. The molecule has 0 aliphatic heterocycles. The largest absolute Gasteiger partial charge is 0.0826 e. The summed E-state index contributed by atoms with van der Waals surface area (Å²) < 4.78 is 0. The Morgan fingerprint density at radius 2 is 0.525 bits per heavy atom. The van der Waals surface area contributed by atoms with Gasteiger partial charge in [0, 0.05) is 6.04 Å². The Labute approximate surface area is 246 Å². The van der Waals surface area contributed by atoms with Crippen LogP contribution in [-0.4, -0.2) is 0 Å². The van der Waals surface area contributed by atoms with Crippen LogP contribution in [0.15, 0.2) is 182 Å². The average molecular weight is 573 g/mol. The molecule has 0 aliphatic carbocycles. The SMILES string of the molecule is C.S=P(c1ccccc1)(c1ccccc1)c1ccccc1.c1ccc(P(c2ccccc2)c2ccccc2)cc1. The van der Waals surface area contributed by atoms with E-state index >= 15 is 0 Å². The molecule has 0 aromatic heterocycles. The molecule has 0 spiro atoms. The highest BCUT2D eigenvalue weighted by atomic mass is 32.4. The molecule has 0 radical (unpaired) electrons. The third-order valence-electron chi connectivity index (χ3n) is 6.40. The highest BCUT2D eigenvalue weighted by molar-refractivity contribution is 8.25. The van der Waals surface area contributed by atoms with E-state index in [1.807, 2.05) is 18.2 Å². The summed E-state index contributed by atoms with van der Waals surface area (Å²) in [6.07, 6.45) is 0. The van der Waals surface area contributed by atoms with E-state index in [1.165, 1.54) is 31.8 Å². The predicted molar refractivity (Wildman–Crippen MR) is 184 cm³/mol. The van der Waals surface area contributed by atoms with E-state index in [0.717, 1.165) is 0 Å². The number of benzene rings is 6. The number of hydrogen-bond donors (Lipinski definition) is 0. The Morgan fingerprint density at radius 3 is 0.750 bits per heavy atom. The van der Waals surface area contributed by atoms with E-state index in [9.17, 15) is 0 Å². The van der Waals surface area contributed by atoms with Crippen LogP contribution in [0.25, 0.3) is 0 Å². The molecule has 0 heterocycles. The Bertz CT molecular complexity index is 1390. The van der Waals surface area contributed by atoms with E-state index in [-0.39, 0.29) is 7.43 Å². The second kappa shape index (κ2) is 14.7. The van der Waals surface area contributed by atoms with Crippen LogP contribution >= 0.6 is 14.0 Å². The lowest BCUT2D eigenvalue weighted by Gasteiger charge is -2.23. The molecular weight excluding hydrogens is 538 g/mol. The van der Waals surface area contributed by atoms with Crippen molar-refractivity contribution in [3.8, 4) is 0 Å². The van der Waals surface area contributed by atoms with E-state index in [4.69, 9.17) is 11.8 Å². The summed E-state index contributed by atoms with van der Waals surface area (Å²) in [5, 5.41) is 7.92. The van der Waals surface area contributed by atoms with Gasteiger partial charge in [0.25, 0.3) is 0 Å². The van der Waals surface area contributed by atoms with Gasteiger partial charge in [0.2, 0.25) is 0 Å². The molecule has 0 unspecified atom stereocenters. The topological polar surface area (TPSA) is 0 Å². The van der Waals surface area contributed by atoms with Gasteiger partial charge in [0.15, 0.2) is 0 Å². The summed E-state index contributed by atoms with van der Waals surface area (Å²) in [5.74, 6) is 0. The smallest absolute Gasteiger partial charge is 0.0379 e.